The Morgan fingerprint density at radius 1 is 1.30 bits per heavy atom. The third-order valence-corrected chi connectivity index (χ3v) is 3.85. The van der Waals surface area contributed by atoms with Crippen molar-refractivity contribution in [3.05, 3.63) is 29.8 Å². The summed E-state index contributed by atoms with van der Waals surface area (Å²) in [5.41, 5.74) is 1.48. The third-order valence-electron chi connectivity index (χ3n) is 3.85. The van der Waals surface area contributed by atoms with E-state index in [4.69, 9.17) is 0 Å². The lowest BCUT2D eigenvalue weighted by atomic mass is 9.99. The van der Waals surface area contributed by atoms with Crippen molar-refractivity contribution in [2.24, 2.45) is 5.92 Å². The molecule has 1 N–H and O–H groups in total. The first-order chi connectivity index (χ1) is 9.56. The fraction of sp³-hybridized carbons (Fsp3) is 0.500. The van der Waals surface area contributed by atoms with Crippen molar-refractivity contribution in [2.75, 3.05) is 25.0 Å². The molecule has 0 saturated carbocycles. The lowest BCUT2D eigenvalue weighted by Gasteiger charge is -2.30. The van der Waals surface area contributed by atoms with Crippen LogP contribution in [0.2, 0.25) is 0 Å². The van der Waals surface area contributed by atoms with Gasteiger partial charge in [0.05, 0.1) is 6.54 Å². The van der Waals surface area contributed by atoms with Crippen molar-refractivity contribution >= 4 is 17.4 Å². The molecule has 2 rings (SSSR count). The molecule has 108 valence electrons. The van der Waals surface area contributed by atoms with Crippen LogP contribution in [-0.4, -0.2) is 36.2 Å². The minimum atomic E-state index is 0.0324. The van der Waals surface area contributed by atoms with E-state index in [1.165, 1.54) is 0 Å². The van der Waals surface area contributed by atoms with Crippen LogP contribution in [0.25, 0.3) is 0 Å². The highest BCUT2D eigenvalue weighted by molar-refractivity contribution is 5.95. The van der Waals surface area contributed by atoms with Gasteiger partial charge in [0, 0.05) is 24.3 Å². The smallest absolute Gasteiger partial charge is 0.241 e. The highest BCUT2D eigenvalue weighted by Gasteiger charge is 2.19. The van der Waals surface area contributed by atoms with E-state index in [1.807, 2.05) is 17.0 Å². The zero-order valence-electron chi connectivity index (χ0n) is 12.2. The number of anilines is 1. The van der Waals surface area contributed by atoms with Crippen LogP contribution in [0.15, 0.2) is 24.3 Å². The predicted octanol–water partition coefficient (Wildman–Crippen LogP) is 2.56. The largest absolute Gasteiger partial charge is 0.376 e. The molecular weight excluding hydrogens is 252 g/mol. The molecule has 4 heteroatoms. The average molecular weight is 274 g/mol. The number of carbonyl (C=O) groups is 2. The SMILES string of the molecule is CC(=O)c1cccc(NCC(=O)N2CCC(C)CC2)c1. The molecule has 1 amide bonds. The number of likely N-dealkylation sites (tertiary alicyclic amines) is 1. The molecule has 0 aromatic heterocycles. The van der Waals surface area contributed by atoms with Gasteiger partial charge < -0.3 is 10.2 Å². The Kier molecular flexibility index (Phi) is 4.77. The fourth-order valence-corrected chi connectivity index (χ4v) is 2.40. The van der Waals surface area contributed by atoms with Crippen molar-refractivity contribution in [3.63, 3.8) is 0 Å². The summed E-state index contributed by atoms with van der Waals surface area (Å²) in [7, 11) is 0. The molecule has 0 spiro atoms. The summed E-state index contributed by atoms with van der Waals surface area (Å²) < 4.78 is 0. The maximum absolute atomic E-state index is 12.1. The van der Waals surface area contributed by atoms with Gasteiger partial charge in [-0.3, -0.25) is 9.59 Å². The zero-order chi connectivity index (χ0) is 14.5. The lowest BCUT2D eigenvalue weighted by Crippen LogP contribution is -2.40. The molecule has 4 nitrogen and oxygen atoms in total. The van der Waals surface area contributed by atoms with E-state index >= 15 is 0 Å². The van der Waals surface area contributed by atoms with Gasteiger partial charge >= 0.3 is 0 Å². The van der Waals surface area contributed by atoms with Crippen molar-refractivity contribution in [1.82, 2.24) is 4.90 Å². The van der Waals surface area contributed by atoms with Gasteiger partial charge in [0.15, 0.2) is 5.78 Å². The highest BCUT2D eigenvalue weighted by Crippen LogP contribution is 2.16. The van der Waals surface area contributed by atoms with E-state index in [0.29, 0.717) is 5.56 Å². The van der Waals surface area contributed by atoms with E-state index in [9.17, 15) is 9.59 Å². The van der Waals surface area contributed by atoms with Crippen LogP contribution in [0.3, 0.4) is 0 Å². The van der Waals surface area contributed by atoms with E-state index in [1.54, 1.807) is 19.1 Å². The van der Waals surface area contributed by atoms with Crippen molar-refractivity contribution in [2.45, 2.75) is 26.7 Å². The fourth-order valence-electron chi connectivity index (χ4n) is 2.40. The first-order valence-electron chi connectivity index (χ1n) is 7.19. The molecule has 1 aromatic rings. The molecule has 0 bridgehead atoms. The number of piperidine rings is 1. The molecule has 1 heterocycles. The Morgan fingerprint density at radius 2 is 2.00 bits per heavy atom. The molecule has 1 fully saturated rings. The number of carbonyl (C=O) groups excluding carboxylic acids is 2. The monoisotopic (exact) mass is 274 g/mol. The quantitative estimate of drug-likeness (QED) is 0.858. The van der Waals surface area contributed by atoms with Gasteiger partial charge in [-0.1, -0.05) is 19.1 Å². The molecule has 1 aliphatic heterocycles. The van der Waals surface area contributed by atoms with Gasteiger partial charge in [-0.15, -0.1) is 0 Å². The second-order valence-corrected chi connectivity index (χ2v) is 5.55. The number of hydrogen-bond donors (Lipinski definition) is 1. The summed E-state index contributed by atoms with van der Waals surface area (Å²) in [4.78, 5) is 25.3. The van der Waals surface area contributed by atoms with Crippen LogP contribution < -0.4 is 5.32 Å². The van der Waals surface area contributed by atoms with Crippen LogP contribution in [0.1, 0.15) is 37.0 Å². The molecule has 1 aromatic carbocycles. The summed E-state index contributed by atoms with van der Waals surface area (Å²) in [6.07, 6.45) is 2.18. The minimum absolute atomic E-state index is 0.0324. The summed E-state index contributed by atoms with van der Waals surface area (Å²) in [5, 5.41) is 3.10. The summed E-state index contributed by atoms with van der Waals surface area (Å²) in [5.74, 6) is 0.884. The van der Waals surface area contributed by atoms with E-state index in [-0.39, 0.29) is 18.2 Å². The van der Waals surface area contributed by atoms with Gasteiger partial charge in [-0.25, -0.2) is 0 Å². The minimum Gasteiger partial charge on any atom is -0.376 e. The van der Waals surface area contributed by atoms with Crippen LogP contribution in [-0.2, 0) is 4.79 Å². The Bertz CT molecular complexity index is 491. The molecule has 20 heavy (non-hydrogen) atoms. The lowest BCUT2D eigenvalue weighted by molar-refractivity contribution is -0.130. The van der Waals surface area contributed by atoms with Gasteiger partial charge in [-0.2, -0.15) is 0 Å². The number of Topliss-reactive ketones (excluding diaryl/α,β-unsaturated/α-hetero) is 1. The van der Waals surface area contributed by atoms with Crippen LogP contribution >= 0.6 is 0 Å². The number of amides is 1. The Balaban J connectivity index is 1.87. The molecule has 0 atom stereocenters. The van der Waals surface area contributed by atoms with E-state index < -0.39 is 0 Å². The Labute approximate surface area is 120 Å². The van der Waals surface area contributed by atoms with Gasteiger partial charge in [0.25, 0.3) is 0 Å². The van der Waals surface area contributed by atoms with Crippen molar-refractivity contribution < 1.29 is 9.59 Å². The number of hydrogen-bond acceptors (Lipinski definition) is 3. The van der Waals surface area contributed by atoms with Gasteiger partial charge in [0.1, 0.15) is 0 Å². The van der Waals surface area contributed by atoms with Gasteiger partial charge in [-0.05, 0) is 37.8 Å². The average Bonchev–Trinajstić information content (AvgIpc) is 2.46. The van der Waals surface area contributed by atoms with Gasteiger partial charge in [0.2, 0.25) is 5.91 Å². The van der Waals surface area contributed by atoms with Crippen LogP contribution in [0.4, 0.5) is 5.69 Å². The topological polar surface area (TPSA) is 49.4 Å². The number of benzene rings is 1. The molecule has 1 aliphatic rings. The Hall–Kier alpha value is -1.84. The van der Waals surface area contributed by atoms with Crippen molar-refractivity contribution in [1.29, 1.82) is 0 Å². The first kappa shape index (κ1) is 14.6. The third kappa shape index (κ3) is 3.83. The van der Waals surface area contributed by atoms with E-state index in [2.05, 4.69) is 12.2 Å². The summed E-state index contributed by atoms with van der Waals surface area (Å²) in [6.45, 7) is 5.77. The molecule has 0 radical (unpaired) electrons. The van der Waals surface area contributed by atoms with Crippen LogP contribution in [0.5, 0.6) is 0 Å². The van der Waals surface area contributed by atoms with Crippen molar-refractivity contribution in [3.8, 4) is 0 Å². The second-order valence-electron chi connectivity index (χ2n) is 5.55. The first-order valence-corrected chi connectivity index (χ1v) is 7.19. The molecular formula is C16H22N2O2. The number of ketones is 1. The predicted molar refractivity (Wildman–Crippen MR) is 79.9 cm³/mol. The molecule has 0 aliphatic carbocycles. The Morgan fingerprint density at radius 3 is 2.65 bits per heavy atom. The summed E-state index contributed by atoms with van der Waals surface area (Å²) in [6, 6.07) is 7.26. The molecule has 0 unspecified atom stereocenters. The number of rotatable bonds is 4. The summed E-state index contributed by atoms with van der Waals surface area (Å²) >= 11 is 0. The van der Waals surface area contributed by atoms with Crippen LogP contribution in [0, 0.1) is 5.92 Å². The maximum Gasteiger partial charge on any atom is 0.241 e. The maximum atomic E-state index is 12.1. The highest BCUT2D eigenvalue weighted by atomic mass is 16.2. The normalized spacial score (nSPS) is 16.0. The number of nitrogens with zero attached hydrogens (tertiary/aromatic N) is 1. The standard InChI is InChI=1S/C16H22N2O2/c1-12-6-8-18(9-7-12)16(20)11-17-15-5-3-4-14(10-15)13(2)19/h3-5,10,12,17H,6-9,11H2,1-2H3. The number of nitrogens with one attached hydrogen (secondary N) is 1. The molecule has 1 saturated heterocycles. The zero-order valence-corrected chi connectivity index (χ0v) is 12.2. The second kappa shape index (κ2) is 6.55. The van der Waals surface area contributed by atoms with E-state index in [0.717, 1.165) is 37.5 Å².